The van der Waals surface area contributed by atoms with Crippen molar-refractivity contribution in [1.29, 1.82) is 0 Å². The van der Waals surface area contributed by atoms with Crippen LogP contribution < -0.4 is 0 Å². The van der Waals surface area contributed by atoms with Gasteiger partial charge in [-0.25, -0.2) is 0 Å². The minimum atomic E-state index is 0.903. The van der Waals surface area contributed by atoms with Gasteiger partial charge in [-0.3, -0.25) is 0 Å². The van der Waals surface area contributed by atoms with Crippen molar-refractivity contribution in [1.82, 2.24) is 0 Å². The molecule has 1 nitrogen and oxygen atoms in total. The largest absolute Gasteiger partial charge is 0.400 e. The highest BCUT2D eigenvalue weighted by atomic mass is 16.2. The Morgan fingerprint density at radius 3 is 2.00 bits per heavy atom. The van der Waals surface area contributed by atoms with E-state index in [0.29, 0.717) is 0 Å². The second kappa shape index (κ2) is 4.27. The van der Waals surface area contributed by atoms with Crippen LogP contribution >= 0.6 is 0 Å². The molecule has 0 saturated heterocycles. The fraction of sp³-hybridized carbons (Fsp3) is 0.455. The van der Waals surface area contributed by atoms with Crippen LogP contribution in [-0.2, 0) is 0 Å². The van der Waals surface area contributed by atoms with Crippen molar-refractivity contribution in [3.05, 3.63) is 35.4 Å². The van der Waals surface area contributed by atoms with Crippen molar-refractivity contribution in [2.45, 2.75) is 25.7 Å². The van der Waals surface area contributed by atoms with E-state index in [1.165, 1.54) is 24.0 Å². The molecular weight excluding hydrogens is 148 g/mol. The number of hydrogen-bond donors (Lipinski definition) is 1. The van der Waals surface area contributed by atoms with Gasteiger partial charge in [0.1, 0.15) is 0 Å². The molecule has 0 aliphatic heterocycles. The minimum Gasteiger partial charge on any atom is -0.400 e. The lowest BCUT2D eigenvalue weighted by atomic mass is 10.1. The van der Waals surface area contributed by atoms with E-state index in [1.807, 2.05) is 0 Å². The molecule has 1 N–H and O–H groups in total. The molecule has 1 aliphatic carbocycles. The van der Waals surface area contributed by atoms with E-state index in [9.17, 15) is 0 Å². The van der Waals surface area contributed by atoms with E-state index < -0.39 is 0 Å². The van der Waals surface area contributed by atoms with Gasteiger partial charge in [0.25, 0.3) is 0 Å². The lowest BCUT2D eigenvalue weighted by Crippen LogP contribution is -1.77. The van der Waals surface area contributed by atoms with Gasteiger partial charge in [0.15, 0.2) is 0 Å². The minimum absolute atomic E-state index is 0.903. The quantitative estimate of drug-likeness (QED) is 0.676. The Hall–Kier alpha value is -0.820. The first kappa shape index (κ1) is 9.27. The maximum absolute atomic E-state index is 7.00. The van der Waals surface area contributed by atoms with E-state index in [4.69, 9.17) is 5.11 Å². The predicted molar refractivity (Wildman–Crippen MR) is 51.3 cm³/mol. The van der Waals surface area contributed by atoms with Crippen molar-refractivity contribution < 1.29 is 5.11 Å². The highest BCUT2D eigenvalue weighted by molar-refractivity contribution is 5.27. The van der Waals surface area contributed by atoms with Gasteiger partial charge in [-0.1, -0.05) is 29.8 Å². The van der Waals surface area contributed by atoms with Crippen molar-refractivity contribution in [2.24, 2.45) is 0 Å². The molecular formula is C11H16O. The molecule has 0 radical (unpaired) electrons. The van der Waals surface area contributed by atoms with E-state index >= 15 is 0 Å². The number of aliphatic hydroxyl groups is 1. The van der Waals surface area contributed by atoms with Crippen LogP contribution in [0.5, 0.6) is 0 Å². The van der Waals surface area contributed by atoms with Crippen LogP contribution in [0.3, 0.4) is 0 Å². The van der Waals surface area contributed by atoms with E-state index in [1.54, 1.807) is 0 Å². The third-order valence-electron chi connectivity index (χ3n) is 2.13. The summed E-state index contributed by atoms with van der Waals surface area (Å²) in [6.45, 7) is 2.14. The van der Waals surface area contributed by atoms with Gasteiger partial charge in [-0.15, -0.1) is 0 Å². The number of aliphatic hydroxyl groups excluding tert-OH is 1. The summed E-state index contributed by atoms with van der Waals surface area (Å²) in [6, 6.07) is 8.92. The standard InChI is InChI=1S/C10H12.CH4O/c1-8-2-4-9(5-3-8)10-6-7-10;1-2/h2-5,10H,6-7H2,1H3;2H,1H3. The maximum Gasteiger partial charge on any atom is 0.0319 e. The maximum atomic E-state index is 7.00. The van der Waals surface area contributed by atoms with Crippen LogP contribution in [0.4, 0.5) is 0 Å². The number of aryl methyl sites for hydroxylation is 1. The summed E-state index contributed by atoms with van der Waals surface area (Å²) in [5.74, 6) is 0.903. The van der Waals surface area contributed by atoms with Gasteiger partial charge >= 0.3 is 0 Å². The van der Waals surface area contributed by atoms with Crippen molar-refractivity contribution >= 4 is 0 Å². The number of benzene rings is 1. The molecule has 0 heterocycles. The van der Waals surface area contributed by atoms with Gasteiger partial charge in [-0.2, -0.15) is 0 Å². The van der Waals surface area contributed by atoms with Crippen LogP contribution in [0.2, 0.25) is 0 Å². The van der Waals surface area contributed by atoms with E-state index in [0.717, 1.165) is 13.0 Å². The summed E-state index contributed by atoms with van der Waals surface area (Å²) in [6.07, 6.45) is 2.81. The second-order valence-electron chi connectivity index (χ2n) is 3.18. The molecule has 1 aromatic carbocycles. The van der Waals surface area contributed by atoms with Crippen LogP contribution in [0.1, 0.15) is 29.9 Å². The molecule has 0 spiro atoms. The molecule has 0 bridgehead atoms. The summed E-state index contributed by atoms with van der Waals surface area (Å²) in [5.41, 5.74) is 2.90. The number of hydrogen-bond acceptors (Lipinski definition) is 1. The summed E-state index contributed by atoms with van der Waals surface area (Å²) in [5, 5.41) is 7.00. The Bertz CT molecular complexity index is 221. The molecule has 2 rings (SSSR count). The Labute approximate surface area is 74.1 Å². The van der Waals surface area contributed by atoms with Gasteiger partial charge in [0.05, 0.1) is 0 Å². The van der Waals surface area contributed by atoms with Crippen molar-refractivity contribution in [3.63, 3.8) is 0 Å². The smallest absolute Gasteiger partial charge is 0.0319 e. The molecule has 1 aromatic rings. The first-order chi connectivity index (χ1) is 5.86. The Kier molecular flexibility index (Phi) is 3.30. The average molecular weight is 164 g/mol. The SMILES string of the molecule is CO.Cc1ccc(C2CC2)cc1. The molecule has 1 saturated carbocycles. The highest BCUT2D eigenvalue weighted by Crippen LogP contribution is 2.39. The first-order valence-corrected chi connectivity index (χ1v) is 4.37. The topological polar surface area (TPSA) is 20.2 Å². The van der Waals surface area contributed by atoms with Crippen LogP contribution in [-0.4, -0.2) is 12.2 Å². The molecule has 1 heteroatoms. The average Bonchev–Trinajstić information content (AvgIpc) is 2.93. The van der Waals surface area contributed by atoms with Crippen LogP contribution in [0, 0.1) is 6.92 Å². The van der Waals surface area contributed by atoms with E-state index in [-0.39, 0.29) is 0 Å². The fourth-order valence-electron chi connectivity index (χ4n) is 1.26. The molecule has 0 aromatic heterocycles. The van der Waals surface area contributed by atoms with Crippen molar-refractivity contribution in [3.8, 4) is 0 Å². The Morgan fingerprint density at radius 1 is 1.08 bits per heavy atom. The van der Waals surface area contributed by atoms with Gasteiger partial charge in [0.2, 0.25) is 0 Å². The predicted octanol–water partition coefficient (Wildman–Crippen LogP) is 2.48. The third kappa shape index (κ3) is 2.35. The zero-order valence-corrected chi connectivity index (χ0v) is 7.75. The monoisotopic (exact) mass is 164 g/mol. The highest BCUT2D eigenvalue weighted by Gasteiger charge is 2.22. The Morgan fingerprint density at radius 2 is 1.58 bits per heavy atom. The summed E-state index contributed by atoms with van der Waals surface area (Å²) < 4.78 is 0. The van der Waals surface area contributed by atoms with Crippen LogP contribution in [0.25, 0.3) is 0 Å². The molecule has 12 heavy (non-hydrogen) atoms. The molecule has 0 atom stereocenters. The van der Waals surface area contributed by atoms with Crippen LogP contribution in [0.15, 0.2) is 24.3 Å². The number of rotatable bonds is 1. The molecule has 1 fully saturated rings. The van der Waals surface area contributed by atoms with Gasteiger partial charge in [0, 0.05) is 7.11 Å². The molecule has 1 aliphatic rings. The fourth-order valence-corrected chi connectivity index (χ4v) is 1.26. The van der Waals surface area contributed by atoms with Gasteiger partial charge in [-0.05, 0) is 31.2 Å². The molecule has 66 valence electrons. The second-order valence-corrected chi connectivity index (χ2v) is 3.18. The third-order valence-corrected chi connectivity index (χ3v) is 2.13. The molecule has 0 unspecified atom stereocenters. The first-order valence-electron chi connectivity index (χ1n) is 4.37. The lowest BCUT2D eigenvalue weighted by Gasteiger charge is -1.96. The Balaban J connectivity index is 0.000000336. The summed E-state index contributed by atoms with van der Waals surface area (Å²) in [7, 11) is 1.00. The van der Waals surface area contributed by atoms with Crippen molar-refractivity contribution in [2.75, 3.05) is 7.11 Å². The van der Waals surface area contributed by atoms with E-state index in [2.05, 4.69) is 31.2 Å². The lowest BCUT2D eigenvalue weighted by molar-refractivity contribution is 0.399. The zero-order chi connectivity index (χ0) is 8.97. The zero-order valence-electron chi connectivity index (χ0n) is 7.75. The molecule has 0 amide bonds. The normalized spacial score (nSPS) is 14.9. The summed E-state index contributed by atoms with van der Waals surface area (Å²) in [4.78, 5) is 0. The van der Waals surface area contributed by atoms with Gasteiger partial charge < -0.3 is 5.11 Å². The summed E-state index contributed by atoms with van der Waals surface area (Å²) >= 11 is 0.